The summed E-state index contributed by atoms with van der Waals surface area (Å²) in [6.07, 6.45) is 3.21. The lowest BCUT2D eigenvalue weighted by Gasteiger charge is -2.29. The number of hydrogen-bond acceptors (Lipinski definition) is 4. The Morgan fingerprint density at radius 1 is 1.03 bits per heavy atom. The highest BCUT2D eigenvalue weighted by atomic mass is 16.6. The molecule has 5 nitrogen and oxygen atoms in total. The maximum Gasteiger partial charge on any atom is 0.408 e. The molecule has 0 aliphatic heterocycles. The lowest BCUT2D eigenvalue weighted by Crippen LogP contribution is -2.43. The Morgan fingerprint density at radius 3 is 2.34 bits per heavy atom. The summed E-state index contributed by atoms with van der Waals surface area (Å²) in [5.41, 5.74) is 9.26. The lowest BCUT2D eigenvalue weighted by molar-refractivity contribution is 0.0470. The van der Waals surface area contributed by atoms with E-state index in [4.69, 9.17) is 10.5 Å². The third-order valence-corrected chi connectivity index (χ3v) is 4.87. The minimum atomic E-state index is -0.563. The molecule has 0 saturated heterocycles. The largest absolute Gasteiger partial charge is 0.444 e. The number of rotatable bonds is 4. The highest BCUT2D eigenvalue weighted by Gasteiger charge is 2.26. The van der Waals surface area contributed by atoms with Crippen molar-refractivity contribution in [2.45, 2.75) is 52.3 Å². The zero-order chi connectivity index (χ0) is 21.2. The van der Waals surface area contributed by atoms with E-state index < -0.39 is 17.2 Å². The second-order valence-electron chi connectivity index (χ2n) is 8.72. The minimum absolute atomic E-state index is 0.430. The summed E-state index contributed by atoms with van der Waals surface area (Å²) in [4.78, 5) is 16.4. The molecule has 2 aromatic carbocycles. The van der Waals surface area contributed by atoms with Crippen molar-refractivity contribution in [3.63, 3.8) is 0 Å². The van der Waals surface area contributed by atoms with Crippen LogP contribution in [-0.4, -0.2) is 16.7 Å². The normalized spacial score (nSPS) is 12.1. The summed E-state index contributed by atoms with van der Waals surface area (Å²) < 4.78 is 5.39. The van der Waals surface area contributed by atoms with Crippen LogP contribution in [0.25, 0.3) is 21.9 Å². The standard InChI is InChI=1S/C24H29N3O2/c1-23(2,3)29-22(28)27-24(4,5)18-9-6-16(7-10-18)19-11-8-17-15-26-13-12-20(17)21(19)14-25/h6-13,15H,14,25H2,1-5H3,(H,27,28). The Balaban J connectivity index is 1.89. The second kappa shape index (κ2) is 7.84. The number of amides is 1. The van der Waals surface area contributed by atoms with Gasteiger partial charge in [-0.25, -0.2) is 4.79 Å². The van der Waals surface area contributed by atoms with Gasteiger partial charge in [-0.3, -0.25) is 4.98 Å². The van der Waals surface area contributed by atoms with E-state index in [-0.39, 0.29) is 0 Å². The molecule has 3 aromatic rings. The van der Waals surface area contributed by atoms with E-state index in [0.29, 0.717) is 6.54 Å². The van der Waals surface area contributed by atoms with E-state index >= 15 is 0 Å². The second-order valence-corrected chi connectivity index (χ2v) is 8.72. The molecular weight excluding hydrogens is 362 g/mol. The highest BCUT2D eigenvalue weighted by molar-refractivity contribution is 5.91. The summed E-state index contributed by atoms with van der Waals surface area (Å²) in [7, 11) is 0. The molecule has 0 unspecified atom stereocenters. The molecule has 3 rings (SSSR count). The van der Waals surface area contributed by atoms with Gasteiger partial charge in [-0.15, -0.1) is 0 Å². The molecule has 5 heteroatoms. The smallest absolute Gasteiger partial charge is 0.408 e. The Morgan fingerprint density at radius 2 is 1.72 bits per heavy atom. The summed E-state index contributed by atoms with van der Waals surface area (Å²) in [5.74, 6) is 0. The van der Waals surface area contributed by atoms with Gasteiger partial charge in [0.05, 0.1) is 5.54 Å². The summed E-state index contributed by atoms with van der Waals surface area (Å²) in [6.45, 7) is 9.92. The highest BCUT2D eigenvalue weighted by Crippen LogP contribution is 2.31. The topological polar surface area (TPSA) is 77.2 Å². The van der Waals surface area contributed by atoms with Gasteiger partial charge >= 0.3 is 6.09 Å². The molecule has 29 heavy (non-hydrogen) atoms. The van der Waals surface area contributed by atoms with Gasteiger partial charge in [0.15, 0.2) is 0 Å². The van der Waals surface area contributed by atoms with Crippen LogP contribution in [0.15, 0.2) is 54.9 Å². The van der Waals surface area contributed by atoms with Crippen molar-refractivity contribution in [3.05, 3.63) is 66.0 Å². The van der Waals surface area contributed by atoms with Crippen molar-refractivity contribution < 1.29 is 9.53 Å². The first kappa shape index (κ1) is 20.8. The Bertz CT molecular complexity index is 1020. The van der Waals surface area contributed by atoms with Crippen molar-refractivity contribution in [3.8, 4) is 11.1 Å². The number of aromatic nitrogens is 1. The van der Waals surface area contributed by atoms with Crippen molar-refractivity contribution in [2.75, 3.05) is 0 Å². The van der Waals surface area contributed by atoms with Gasteiger partial charge in [-0.1, -0.05) is 36.4 Å². The van der Waals surface area contributed by atoms with Crippen LogP contribution < -0.4 is 11.1 Å². The summed E-state index contributed by atoms with van der Waals surface area (Å²) in [6, 6.07) is 14.4. The average Bonchev–Trinajstić information content (AvgIpc) is 2.65. The number of ether oxygens (including phenoxy) is 1. The van der Waals surface area contributed by atoms with Crippen LogP contribution in [0.3, 0.4) is 0 Å². The number of benzene rings is 2. The Labute approximate surface area is 172 Å². The van der Waals surface area contributed by atoms with E-state index in [1.807, 2.05) is 59.0 Å². The van der Waals surface area contributed by atoms with Gasteiger partial charge in [0.2, 0.25) is 0 Å². The maximum atomic E-state index is 12.2. The predicted molar refractivity (Wildman–Crippen MR) is 117 cm³/mol. The van der Waals surface area contributed by atoms with Gasteiger partial charge in [0, 0.05) is 24.3 Å². The number of alkyl carbamates (subject to hydrolysis) is 1. The van der Waals surface area contributed by atoms with E-state index in [9.17, 15) is 4.79 Å². The van der Waals surface area contributed by atoms with Crippen molar-refractivity contribution in [1.29, 1.82) is 0 Å². The van der Waals surface area contributed by atoms with Crippen LogP contribution in [0.1, 0.15) is 45.7 Å². The molecule has 3 N–H and O–H groups in total. The molecular formula is C24H29N3O2. The van der Waals surface area contributed by atoms with E-state index in [0.717, 1.165) is 33.0 Å². The number of carbonyl (C=O) groups is 1. The van der Waals surface area contributed by atoms with Crippen LogP contribution >= 0.6 is 0 Å². The van der Waals surface area contributed by atoms with E-state index in [1.165, 1.54) is 0 Å². The van der Waals surface area contributed by atoms with Crippen molar-refractivity contribution in [1.82, 2.24) is 10.3 Å². The quantitative estimate of drug-likeness (QED) is 0.647. The number of fused-ring (bicyclic) bond motifs is 1. The zero-order valence-electron chi connectivity index (χ0n) is 17.7. The fourth-order valence-corrected chi connectivity index (χ4v) is 3.42. The van der Waals surface area contributed by atoms with Gasteiger partial charge in [-0.2, -0.15) is 0 Å². The van der Waals surface area contributed by atoms with Crippen LogP contribution in [0.2, 0.25) is 0 Å². The van der Waals surface area contributed by atoms with E-state index in [1.54, 1.807) is 6.20 Å². The maximum absolute atomic E-state index is 12.2. The fraction of sp³-hybridized carbons (Fsp3) is 0.333. The molecule has 1 aromatic heterocycles. The number of nitrogens with one attached hydrogen (secondary N) is 1. The lowest BCUT2D eigenvalue weighted by atomic mass is 9.90. The van der Waals surface area contributed by atoms with Crippen LogP contribution in [-0.2, 0) is 16.8 Å². The molecule has 152 valence electrons. The third-order valence-electron chi connectivity index (χ3n) is 4.87. The SMILES string of the molecule is CC(C)(C)OC(=O)NC(C)(C)c1ccc(-c2ccc3cnccc3c2CN)cc1. The molecule has 0 radical (unpaired) electrons. The van der Waals surface area contributed by atoms with Gasteiger partial charge in [-0.05, 0) is 68.3 Å². The molecule has 1 amide bonds. The monoisotopic (exact) mass is 391 g/mol. The Kier molecular flexibility index (Phi) is 5.62. The van der Waals surface area contributed by atoms with Crippen molar-refractivity contribution >= 4 is 16.9 Å². The molecule has 0 saturated carbocycles. The first-order valence-corrected chi connectivity index (χ1v) is 9.78. The number of hydrogen-bond donors (Lipinski definition) is 2. The van der Waals surface area contributed by atoms with Gasteiger partial charge in [0.1, 0.15) is 5.60 Å². The molecule has 0 fully saturated rings. The summed E-state index contributed by atoms with van der Waals surface area (Å²) >= 11 is 0. The number of nitrogens with two attached hydrogens (primary N) is 1. The molecule has 0 bridgehead atoms. The first-order valence-electron chi connectivity index (χ1n) is 9.78. The fourth-order valence-electron chi connectivity index (χ4n) is 3.42. The molecule has 0 aliphatic rings. The third kappa shape index (κ3) is 4.74. The summed E-state index contributed by atoms with van der Waals surface area (Å²) in [5, 5.41) is 5.15. The zero-order valence-corrected chi connectivity index (χ0v) is 17.7. The molecule has 0 spiro atoms. The average molecular weight is 392 g/mol. The minimum Gasteiger partial charge on any atom is -0.444 e. The molecule has 0 atom stereocenters. The number of pyridine rings is 1. The molecule has 0 aliphatic carbocycles. The van der Waals surface area contributed by atoms with Gasteiger partial charge < -0.3 is 15.8 Å². The van der Waals surface area contributed by atoms with Crippen LogP contribution in [0.4, 0.5) is 4.79 Å². The van der Waals surface area contributed by atoms with Crippen LogP contribution in [0.5, 0.6) is 0 Å². The Hall–Kier alpha value is -2.92. The number of carbonyl (C=O) groups excluding carboxylic acids is 1. The first-order chi connectivity index (χ1) is 13.6. The van der Waals surface area contributed by atoms with Gasteiger partial charge in [0.25, 0.3) is 0 Å². The van der Waals surface area contributed by atoms with E-state index in [2.05, 4.69) is 34.6 Å². The number of nitrogens with zero attached hydrogens (tertiary/aromatic N) is 1. The van der Waals surface area contributed by atoms with Crippen molar-refractivity contribution in [2.24, 2.45) is 5.73 Å². The predicted octanol–water partition coefficient (Wildman–Crippen LogP) is 5.12. The van der Waals surface area contributed by atoms with Crippen LogP contribution in [0, 0.1) is 0 Å². The molecule has 1 heterocycles.